The fourth-order valence-corrected chi connectivity index (χ4v) is 1.92. The van der Waals surface area contributed by atoms with Gasteiger partial charge in [-0.1, -0.05) is 18.2 Å². The fraction of sp³-hybridized carbons (Fsp3) is 0.200. The first-order chi connectivity index (χ1) is 8.99. The molecule has 1 unspecified atom stereocenters. The predicted octanol–water partition coefficient (Wildman–Crippen LogP) is 4.15. The van der Waals surface area contributed by atoms with Gasteiger partial charge in [0.2, 0.25) is 0 Å². The summed E-state index contributed by atoms with van der Waals surface area (Å²) in [6, 6.07) is 8.71. The van der Waals surface area contributed by atoms with Crippen molar-refractivity contribution in [1.82, 2.24) is 0 Å². The van der Waals surface area contributed by atoms with Gasteiger partial charge in [0.25, 0.3) is 0 Å². The van der Waals surface area contributed by atoms with Crippen LogP contribution in [0.25, 0.3) is 0 Å². The minimum absolute atomic E-state index is 0.0823. The summed E-state index contributed by atoms with van der Waals surface area (Å²) in [5.74, 6) is -0.856. The number of benzene rings is 2. The molecule has 0 bridgehead atoms. The molecule has 4 heteroatoms. The minimum Gasteiger partial charge on any atom is -0.508 e. The highest BCUT2D eigenvalue weighted by molar-refractivity contribution is 5.50. The zero-order valence-electron chi connectivity index (χ0n) is 10.7. The van der Waals surface area contributed by atoms with Gasteiger partial charge in [-0.2, -0.15) is 0 Å². The Morgan fingerprint density at radius 3 is 2.47 bits per heavy atom. The number of nitrogens with one attached hydrogen (secondary N) is 1. The molecule has 2 nitrogen and oxygen atoms in total. The highest BCUT2D eigenvalue weighted by atomic mass is 19.1. The van der Waals surface area contributed by atoms with Crippen molar-refractivity contribution in [2.24, 2.45) is 0 Å². The number of rotatable bonds is 3. The van der Waals surface area contributed by atoms with Crippen molar-refractivity contribution in [3.63, 3.8) is 0 Å². The number of aryl methyl sites for hydroxylation is 1. The molecule has 1 atom stereocenters. The number of phenols is 1. The molecule has 0 amide bonds. The van der Waals surface area contributed by atoms with E-state index in [9.17, 15) is 13.9 Å². The van der Waals surface area contributed by atoms with E-state index in [0.717, 1.165) is 12.1 Å². The van der Waals surface area contributed by atoms with Crippen molar-refractivity contribution >= 4 is 5.69 Å². The molecule has 19 heavy (non-hydrogen) atoms. The van der Waals surface area contributed by atoms with Crippen LogP contribution in [0.4, 0.5) is 14.5 Å². The van der Waals surface area contributed by atoms with Crippen LogP contribution < -0.4 is 5.32 Å². The molecule has 2 N–H and O–H groups in total. The highest BCUT2D eigenvalue weighted by Crippen LogP contribution is 2.28. The lowest BCUT2D eigenvalue weighted by atomic mass is 10.1. The number of aromatic hydroxyl groups is 1. The van der Waals surface area contributed by atoms with Gasteiger partial charge in [-0.25, -0.2) is 8.78 Å². The summed E-state index contributed by atoms with van der Waals surface area (Å²) in [6.07, 6.45) is 0. The summed E-state index contributed by atoms with van der Waals surface area (Å²) in [6.45, 7) is 3.28. The second kappa shape index (κ2) is 5.26. The number of hydrogen-bond acceptors (Lipinski definition) is 2. The highest BCUT2D eigenvalue weighted by Gasteiger charge is 2.13. The van der Waals surface area contributed by atoms with Gasteiger partial charge in [-0.05, 0) is 31.5 Å². The van der Waals surface area contributed by atoms with Gasteiger partial charge in [0.1, 0.15) is 17.4 Å². The molecule has 0 saturated carbocycles. The number of para-hydroxylation sites is 1. The molecule has 2 aromatic rings. The summed E-state index contributed by atoms with van der Waals surface area (Å²) in [4.78, 5) is 0. The first-order valence-electron chi connectivity index (χ1n) is 5.99. The van der Waals surface area contributed by atoms with E-state index in [4.69, 9.17) is 0 Å². The molecule has 100 valence electrons. The average molecular weight is 263 g/mol. The van der Waals surface area contributed by atoms with Crippen LogP contribution in [0.1, 0.15) is 24.1 Å². The van der Waals surface area contributed by atoms with Crippen LogP contribution in [-0.2, 0) is 0 Å². The Kier molecular flexibility index (Phi) is 3.69. The lowest BCUT2D eigenvalue weighted by Crippen LogP contribution is -2.08. The average Bonchev–Trinajstić information content (AvgIpc) is 2.36. The van der Waals surface area contributed by atoms with Crippen molar-refractivity contribution in [2.45, 2.75) is 19.9 Å². The Hall–Kier alpha value is -2.10. The van der Waals surface area contributed by atoms with Crippen molar-refractivity contribution in [2.75, 3.05) is 5.32 Å². The first-order valence-corrected chi connectivity index (χ1v) is 5.99. The standard InChI is InChI=1S/C15H15F2NO/c1-9-7-13(17)14(8-12(9)16)18-10(2)11-5-3-4-6-15(11)19/h3-8,10,18-19H,1-2H3. The Balaban J connectivity index is 2.27. The molecule has 0 radical (unpaired) electrons. The maximum atomic E-state index is 13.7. The van der Waals surface area contributed by atoms with E-state index in [1.54, 1.807) is 31.2 Å². The maximum Gasteiger partial charge on any atom is 0.146 e. The lowest BCUT2D eigenvalue weighted by Gasteiger charge is -2.17. The van der Waals surface area contributed by atoms with Crippen LogP contribution in [0, 0.1) is 18.6 Å². The van der Waals surface area contributed by atoms with Crippen LogP contribution in [0.3, 0.4) is 0 Å². The van der Waals surface area contributed by atoms with E-state index in [1.807, 2.05) is 0 Å². The van der Waals surface area contributed by atoms with Crippen molar-refractivity contribution in [3.8, 4) is 5.75 Å². The van der Waals surface area contributed by atoms with Crippen LogP contribution >= 0.6 is 0 Å². The molecule has 2 rings (SSSR count). The van der Waals surface area contributed by atoms with Crippen LogP contribution in [-0.4, -0.2) is 5.11 Å². The summed E-state index contributed by atoms with van der Waals surface area (Å²) in [5, 5.41) is 12.6. The van der Waals surface area contributed by atoms with Gasteiger partial charge < -0.3 is 10.4 Å². The Morgan fingerprint density at radius 1 is 1.11 bits per heavy atom. The first kappa shape index (κ1) is 13.3. The van der Waals surface area contributed by atoms with E-state index >= 15 is 0 Å². The van der Waals surface area contributed by atoms with Gasteiger partial charge in [-0.3, -0.25) is 0 Å². The van der Waals surface area contributed by atoms with E-state index in [2.05, 4.69) is 5.32 Å². The normalized spacial score (nSPS) is 12.2. The summed E-state index contributed by atoms with van der Waals surface area (Å²) >= 11 is 0. The Morgan fingerprint density at radius 2 is 1.79 bits per heavy atom. The largest absolute Gasteiger partial charge is 0.508 e. The molecule has 0 fully saturated rings. The molecule has 0 aliphatic heterocycles. The molecule has 0 aromatic heterocycles. The summed E-state index contributed by atoms with van der Waals surface area (Å²) < 4.78 is 27.2. The molecule has 0 aliphatic rings. The lowest BCUT2D eigenvalue weighted by molar-refractivity contribution is 0.465. The third-order valence-corrected chi connectivity index (χ3v) is 3.02. The minimum atomic E-state index is -0.513. The molecule has 0 spiro atoms. The summed E-state index contributed by atoms with van der Waals surface area (Å²) in [5.41, 5.74) is 0.972. The smallest absolute Gasteiger partial charge is 0.146 e. The van der Waals surface area contributed by atoms with Crippen LogP contribution in [0.15, 0.2) is 36.4 Å². The van der Waals surface area contributed by atoms with Gasteiger partial charge in [0.05, 0.1) is 11.7 Å². The zero-order chi connectivity index (χ0) is 14.0. The second-order valence-corrected chi connectivity index (χ2v) is 4.51. The third-order valence-electron chi connectivity index (χ3n) is 3.02. The predicted molar refractivity (Wildman–Crippen MR) is 71.2 cm³/mol. The number of hydrogen-bond donors (Lipinski definition) is 2. The van der Waals surface area contributed by atoms with E-state index in [0.29, 0.717) is 5.56 Å². The number of anilines is 1. The van der Waals surface area contributed by atoms with Gasteiger partial charge in [0, 0.05) is 11.6 Å². The molecular weight excluding hydrogens is 248 g/mol. The Bertz CT molecular complexity index is 599. The van der Waals surface area contributed by atoms with Crippen molar-refractivity contribution in [1.29, 1.82) is 0 Å². The van der Waals surface area contributed by atoms with Crippen LogP contribution in [0.5, 0.6) is 5.75 Å². The maximum absolute atomic E-state index is 13.7. The monoisotopic (exact) mass is 263 g/mol. The Labute approximate surface area is 110 Å². The van der Waals surface area contributed by atoms with E-state index in [1.165, 1.54) is 6.92 Å². The molecule has 0 aliphatic carbocycles. The molecule has 0 heterocycles. The SMILES string of the molecule is Cc1cc(F)c(NC(C)c2ccccc2O)cc1F. The fourth-order valence-electron chi connectivity index (χ4n) is 1.92. The second-order valence-electron chi connectivity index (χ2n) is 4.51. The quantitative estimate of drug-likeness (QED) is 0.871. The van der Waals surface area contributed by atoms with E-state index < -0.39 is 11.6 Å². The topological polar surface area (TPSA) is 32.3 Å². The van der Waals surface area contributed by atoms with Crippen LogP contribution in [0.2, 0.25) is 0 Å². The molecule has 0 saturated heterocycles. The number of halogens is 2. The summed E-state index contributed by atoms with van der Waals surface area (Å²) in [7, 11) is 0. The third kappa shape index (κ3) is 2.84. The molecule has 2 aromatic carbocycles. The van der Waals surface area contributed by atoms with Gasteiger partial charge >= 0.3 is 0 Å². The van der Waals surface area contributed by atoms with Crippen molar-refractivity contribution in [3.05, 3.63) is 59.2 Å². The molecular formula is C15H15F2NO. The zero-order valence-corrected chi connectivity index (χ0v) is 10.7. The van der Waals surface area contributed by atoms with Crippen molar-refractivity contribution < 1.29 is 13.9 Å². The van der Waals surface area contributed by atoms with Gasteiger partial charge in [-0.15, -0.1) is 0 Å². The van der Waals surface area contributed by atoms with E-state index in [-0.39, 0.29) is 23.0 Å². The van der Waals surface area contributed by atoms with Gasteiger partial charge in [0.15, 0.2) is 0 Å². The number of phenolic OH excluding ortho intramolecular Hbond substituents is 1.